The van der Waals surface area contributed by atoms with Crippen LogP contribution >= 0.6 is 23.1 Å². The van der Waals surface area contributed by atoms with Crippen LogP contribution in [0.15, 0.2) is 4.34 Å². The number of amides is 1. The molecule has 1 N–H and O–H groups in total. The van der Waals surface area contributed by atoms with Gasteiger partial charge in [0.1, 0.15) is 0 Å². The maximum Gasteiger partial charge on any atom is 0.309 e. The number of rotatable bonds is 8. The molecule has 2 rings (SSSR count). The molecule has 1 saturated heterocycles. The molecule has 1 aromatic rings. The molecule has 140 valence electrons. The molecular formula is C16H26N4O3S2. The summed E-state index contributed by atoms with van der Waals surface area (Å²) in [4.78, 5) is 26.2. The number of thioether (sulfide) groups is 1. The maximum atomic E-state index is 12.6. The number of hydrogen-bond donors (Lipinski definition) is 1. The van der Waals surface area contributed by atoms with Gasteiger partial charge in [0, 0.05) is 19.6 Å². The molecule has 0 bridgehead atoms. The van der Waals surface area contributed by atoms with Crippen molar-refractivity contribution in [2.24, 2.45) is 5.92 Å². The minimum atomic E-state index is -0.217. The molecule has 1 aliphatic heterocycles. The number of hydrogen-bond acceptors (Lipinski definition) is 8. The average Bonchev–Trinajstić information content (AvgIpc) is 3.07. The van der Waals surface area contributed by atoms with E-state index < -0.39 is 0 Å². The Morgan fingerprint density at radius 1 is 1.36 bits per heavy atom. The Labute approximate surface area is 156 Å². The van der Waals surface area contributed by atoms with Gasteiger partial charge in [0.2, 0.25) is 11.0 Å². The van der Waals surface area contributed by atoms with Crippen molar-refractivity contribution >= 4 is 40.1 Å². The molecule has 0 saturated carbocycles. The van der Waals surface area contributed by atoms with E-state index in [4.69, 9.17) is 4.74 Å². The van der Waals surface area contributed by atoms with Gasteiger partial charge in [-0.3, -0.25) is 9.59 Å². The molecule has 0 spiro atoms. The van der Waals surface area contributed by atoms with E-state index in [0.717, 1.165) is 22.4 Å². The number of anilines is 1. The van der Waals surface area contributed by atoms with Gasteiger partial charge in [-0.15, -0.1) is 10.2 Å². The summed E-state index contributed by atoms with van der Waals surface area (Å²) in [6.45, 7) is 8.28. The first-order valence-electron chi connectivity index (χ1n) is 8.74. The summed E-state index contributed by atoms with van der Waals surface area (Å²) in [7, 11) is 0. The number of ether oxygens (including phenoxy) is 1. The first kappa shape index (κ1) is 20.0. The summed E-state index contributed by atoms with van der Waals surface area (Å²) in [6.07, 6.45) is 2.37. The quantitative estimate of drug-likeness (QED) is 0.543. The highest BCUT2D eigenvalue weighted by Gasteiger charge is 2.30. The van der Waals surface area contributed by atoms with Crippen LogP contribution in [0.5, 0.6) is 0 Å². The predicted molar refractivity (Wildman–Crippen MR) is 99.9 cm³/mol. The number of carbonyl (C=O) groups excluding carboxylic acids is 2. The highest BCUT2D eigenvalue weighted by atomic mass is 32.2. The topological polar surface area (TPSA) is 84.4 Å². The van der Waals surface area contributed by atoms with E-state index in [2.05, 4.69) is 22.4 Å². The molecule has 1 aromatic heterocycles. The fourth-order valence-electron chi connectivity index (χ4n) is 2.62. The fraction of sp³-hybridized carbons (Fsp3) is 0.750. The Morgan fingerprint density at radius 2 is 2.08 bits per heavy atom. The number of likely N-dealkylation sites (tertiary alicyclic amines) is 1. The van der Waals surface area contributed by atoms with Crippen molar-refractivity contribution in [1.29, 1.82) is 0 Å². The zero-order valence-corrected chi connectivity index (χ0v) is 16.6. The Bertz CT molecular complexity index is 573. The third-order valence-corrected chi connectivity index (χ3v) is 6.04. The monoisotopic (exact) mass is 386 g/mol. The summed E-state index contributed by atoms with van der Waals surface area (Å²) >= 11 is 2.91. The second-order valence-corrected chi connectivity index (χ2v) is 8.48. The minimum Gasteiger partial charge on any atom is -0.466 e. The van der Waals surface area contributed by atoms with Gasteiger partial charge in [0.25, 0.3) is 0 Å². The molecule has 0 radical (unpaired) electrons. The van der Waals surface area contributed by atoms with Gasteiger partial charge in [0.05, 0.1) is 17.8 Å². The minimum absolute atomic E-state index is 0.0812. The van der Waals surface area contributed by atoms with Crippen LogP contribution in [0, 0.1) is 5.92 Å². The first-order chi connectivity index (χ1) is 12.0. The van der Waals surface area contributed by atoms with Crippen molar-refractivity contribution in [3.63, 3.8) is 0 Å². The van der Waals surface area contributed by atoms with E-state index in [-0.39, 0.29) is 23.0 Å². The van der Waals surface area contributed by atoms with Crippen LogP contribution in [0.1, 0.15) is 40.0 Å². The van der Waals surface area contributed by atoms with E-state index in [0.29, 0.717) is 32.5 Å². The number of carbonyl (C=O) groups is 2. The van der Waals surface area contributed by atoms with Crippen molar-refractivity contribution in [3.05, 3.63) is 0 Å². The summed E-state index contributed by atoms with van der Waals surface area (Å²) in [5.41, 5.74) is 0. The largest absolute Gasteiger partial charge is 0.466 e. The Hall–Kier alpha value is -1.35. The number of esters is 1. The fourth-order valence-corrected chi connectivity index (χ4v) is 4.62. The molecule has 7 nitrogen and oxygen atoms in total. The van der Waals surface area contributed by atoms with Gasteiger partial charge < -0.3 is 15.0 Å². The lowest BCUT2D eigenvalue weighted by atomic mass is 9.97. The lowest BCUT2D eigenvalue weighted by Gasteiger charge is -2.32. The van der Waals surface area contributed by atoms with Gasteiger partial charge >= 0.3 is 5.97 Å². The predicted octanol–water partition coefficient (Wildman–Crippen LogP) is 2.64. The molecular weight excluding hydrogens is 360 g/mol. The lowest BCUT2D eigenvalue weighted by Crippen LogP contribution is -2.43. The smallest absolute Gasteiger partial charge is 0.309 e. The third kappa shape index (κ3) is 5.85. The zero-order valence-electron chi connectivity index (χ0n) is 15.0. The molecule has 0 aliphatic carbocycles. The van der Waals surface area contributed by atoms with E-state index in [1.807, 2.05) is 18.7 Å². The van der Waals surface area contributed by atoms with Crippen LogP contribution < -0.4 is 5.32 Å². The van der Waals surface area contributed by atoms with Gasteiger partial charge in [-0.25, -0.2) is 0 Å². The molecule has 1 aliphatic rings. The standard InChI is InChI=1S/C16H26N4O3S2/c1-4-8-17-15-18-19-16(25-15)24-11(3)13(21)20-9-6-12(7-10-20)14(22)23-5-2/h11-12H,4-10H2,1-3H3,(H,17,18). The lowest BCUT2D eigenvalue weighted by molar-refractivity contribution is -0.151. The Balaban J connectivity index is 1.80. The Morgan fingerprint density at radius 3 is 2.72 bits per heavy atom. The highest BCUT2D eigenvalue weighted by Crippen LogP contribution is 2.30. The first-order valence-corrected chi connectivity index (χ1v) is 10.4. The molecule has 25 heavy (non-hydrogen) atoms. The van der Waals surface area contributed by atoms with E-state index in [9.17, 15) is 9.59 Å². The number of nitrogens with zero attached hydrogens (tertiary/aromatic N) is 3. The van der Waals surface area contributed by atoms with Crippen molar-refractivity contribution in [2.75, 3.05) is 31.6 Å². The molecule has 1 fully saturated rings. The molecule has 1 amide bonds. The van der Waals surface area contributed by atoms with Crippen LogP contribution in [0.4, 0.5) is 5.13 Å². The number of aromatic nitrogens is 2. The summed E-state index contributed by atoms with van der Waals surface area (Å²) < 4.78 is 5.86. The highest BCUT2D eigenvalue weighted by molar-refractivity contribution is 8.02. The summed E-state index contributed by atoms with van der Waals surface area (Å²) in [6, 6.07) is 0. The van der Waals surface area contributed by atoms with E-state index >= 15 is 0 Å². The van der Waals surface area contributed by atoms with Crippen LogP contribution in [-0.4, -0.2) is 58.5 Å². The van der Waals surface area contributed by atoms with Crippen LogP contribution in [0.25, 0.3) is 0 Å². The van der Waals surface area contributed by atoms with Crippen molar-refractivity contribution < 1.29 is 14.3 Å². The zero-order chi connectivity index (χ0) is 18.2. The number of nitrogens with one attached hydrogen (secondary N) is 1. The second kappa shape index (κ2) is 9.96. The van der Waals surface area contributed by atoms with Crippen molar-refractivity contribution in [3.8, 4) is 0 Å². The molecule has 2 heterocycles. The van der Waals surface area contributed by atoms with Gasteiger partial charge in [0.15, 0.2) is 4.34 Å². The third-order valence-electron chi connectivity index (χ3n) is 3.98. The SMILES string of the molecule is CCCNc1nnc(SC(C)C(=O)N2CCC(C(=O)OCC)CC2)s1. The molecule has 1 unspecified atom stereocenters. The van der Waals surface area contributed by atoms with Crippen LogP contribution in [0.2, 0.25) is 0 Å². The maximum absolute atomic E-state index is 12.6. The van der Waals surface area contributed by atoms with Gasteiger partial charge in [-0.2, -0.15) is 0 Å². The van der Waals surface area contributed by atoms with Crippen LogP contribution in [-0.2, 0) is 14.3 Å². The van der Waals surface area contributed by atoms with E-state index in [1.165, 1.54) is 23.1 Å². The van der Waals surface area contributed by atoms with Crippen molar-refractivity contribution in [1.82, 2.24) is 15.1 Å². The molecule has 1 atom stereocenters. The van der Waals surface area contributed by atoms with E-state index in [1.54, 1.807) is 0 Å². The second-order valence-electron chi connectivity index (χ2n) is 5.91. The van der Waals surface area contributed by atoms with Gasteiger partial charge in [-0.05, 0) is 33.1 Å². The summed E-state index contributed by atoms with van der Waals surface area (Å²) in [5.74, 6) is -0.133. The normalized spacial score (nSPS) is 16.5. The molecule has 0 aromatic carbocycles. The Kier molecular flexibility index (Phi) is 7.95. The summed E-state index contributed by atoms with van der Waals surface area (Å²) in [5, 5.41) is 12.0. The molecule has 9 heteroatoms. The average molecular weight is 387 g/mol. The number of piperidine rings is 1. The van der Waals surface area contributed by atoms with Crippen molar-refractivity contribution in [2.45, 2.75) is 49.6 Å². The van der Waals surface area contributed by atoms with Gasteiger partial charge in [-0.1, -0.05) is 30.0 Å². The van der Waals surface area contributed by atoms with Crippen LogP contribution in [0.3, 0.4) is 0 Å².